The van der Waals surface area contributed by atoms with E-state index in [9.17, 15) is 9.59 Å². The standard InChI is InChI=1S/C24H21ClN2O6/c1-30-20-12-17(13-21-22(20)32-11-10-31-21)24(29)27-26-23(28)16-4-2-15(3-5-16)14-33-19-8-6-18(25)7-9-19/h2-9,12-13H,10-11,14H2,1H3,(H,26,28)(H,27,29). The Morgan fingerprint density at radius 1 is 0.909 bits per heavy atom. The van der Waals surface area contributed by atoms with Gasteiger partial charge in [-0.25, -0.2) is 0 Å². The molecule has 1 aliphatic heterocycles. The molecule has 1 heterocycles. The molecule has 0 bridgehead atoms. The number of halogens is 1. The predicted octanol–water partition coefficient (Wildman–Crippen LogP) is 3.77. The zero-order valence-corrected chi connectivity index (χ0v) is 18.5. The molecule has 0 aromatic heterocycles. The van der Waals surface area contributed by atoms with Crippen molar-refractivity contribution in [1.82, 2.24) is 10.9 Å². The summed E-state index contributed by atoms with van der Waals surface area (Å²) in [5.41, 5.74) is 6.32. The number of hydrogen-bond acceptors (Lipinski definition) is 6. The third-order valence-corrected chi connectivity index (χ3v) is 5.07. The van der Waals surface area contributed by atoms with Gasteiger partial charge in [-0.05, 0) is 54.1 Å². The Labute approximate surface area is 195 Å². The fraction of sp³-hybridized carbons (Fsp3) is 0.167. The van der Waals surface area contributed by atoms with E-state index in [1.165, 1.54) is 19.2 Å². The van der Waals surface area contributed by atoms with E-state index in [4.69, 9.17) is 30.5 Å². The lowest BCUT2D eigenvalue weighted by atomic mass is 10.1. The molecule has 0 unspecified atom stereocenters. The number of methoxy groups -OCH3 is 1. The maximum Gasteiger partial charge on any atom is 0.269 e. The van der Waals surface area contributed by atoms with Gasteiger partial charge in [0.25, 0.3) is 11.8 Å². The summed E-state index contributed by atoms with van der Waals surface area (Å²) in [5.74, 6) is 0.947. The third-order valence-electron chi connectivity index (χ3n) is 4.82. The van der Waals surface area contributed by atoms with Crippen molar-refractivity contribution < 1.29 is 28.5 Å². The molecular formula is C24H21ClN2O6. The summed E-state index contributed by atoms with van der Waals surface area (Å²) in [6.07, 6.45) is 0. The van der Waals surface area contributed by atoms with Gasteiger partial charge in [-0.3, -0.25) is 20.4 Å². The van der Waals surface area contributed by atoms with Crippen LogP contribution in [0, 0.1) is 0 Å². The highest BCUT2D eigenvalue weighted by atomic mass is 35.5. The molecule has 33 heavy (non-hydrogen) atoms. The fourth-order valence-electron chi connectivity index (χ4n) is 3.11. The van der Waals surface area contributed by atoms with Crippen molar-refractivity contribution in [3.05, 3.63) is 82.4 Å². The van der Waals surface area contributed by atoms with Crippen molar-refractivity contribution in [2.45, 2.75) is 6.61 Å². The Bertz CT molecular complexity index is 1130. The minimum Gasteiger partial charge on any atom is -0.493 e. The predicted molar refractivity (Wildman–Crippen MR) is 121 cm³/mol. The summed E-state index contributed by atoms with van der Waals surface area (Å²) >= 11 is 5.86. The summed E-state index contributed by atoms with van der Waals surface area (Å²) in [7, 11) is 1.47. The Morgan fingerprint density at radius 2 is 1.58 bits per heavy atom. The highest BCUT2D eigenvalue weighted by molar-refractivity contribution is 6.30. The average molecular weight is 469 g/mol. The molecule has 0 fully saturated rings. The van der Waals surface area contributed by atoms with E-state index in [-0.39, 0.29) is 5.56 Å². The lowest BCUT2D eigenvalue weighted by molar-refractivity contribution is 0.0846. The summed E-state index contributed by atoms with van der Waals surface area (Å²) in [6.45, 7) is 1.11. The average Bonchev–Trinajstić information content (AvgIpc) is 2.86. The first kappa shape index (κ1) is 22.3. The maximum atomic E-state index is 12.5. The molecule has 2 N–H and O–H groups in total. The quantitative estimate of drug-likeness (QED) is 0.535. The fourth-order valence-corrected chi connectivity index (χ4v) is 3.24. The van der Waals surface area contributed by atoms with Gasteiger partial charge in [-0.15, -0.1) is 0 Å². The first-order chi connectivity index (χ1) is 16.0. The van der Waals surface area contributed by atoms with Gasteiger partial charge in [0.05, 0.1) is 7.11 Å². The normalized spacial score (nSPS) is 11.9. The Balaban J connectivity index is 1.33. The number of rotatable bonds is 6. The second kappa shape index (κ2) is 10.1. The van der Waals surface area contributed by atoms with Crippen molar-refractivity contribution >= 4 is 23.4 Å². The van der Waals surface area contributed by atoms with Crippen LogP contribution in [0.4, 0.5) is 0 Å². The number of carbonyl (C=O) groups is 2. The lowest BCUT2D eigenvalue weighted by Gasteiger charge is -2.21. The highest BCUT2D eigenvalue weighted by Crippen LogP contribution is 2.40. The van der Waals surface area contributed by atoms with Crippen molar-refractivity contribution in [2.24, 2.45) is 0 Å². The van der Waals surface area contributed by atoms with Gasteiger partial charge in [0.2, 0.25) is 5.75 Å². The zero-order chi connectivity index (χ0) is 23.2. The van der Waals surface area contributed by atoms with Crippen LogP contribution in [-0.2, 0) is 6.61 Å². The molecule has 1 aliphatic rings. The van der Waals surface area contributed by atoms with E-state index in [0.29, 0.717) is 53.4 Å². The molecule has 0 atom stereocenters. The minimum absolute atomic E-state index is 0.256. The maximum absolute atomic E-state index is 12.5. The van der Waals surface area contributed by atoms with Crippen LogP contribution < -0.4 is 29.8 Å². The number of amides is 2. The number of carbonyl (C=O) groups excluding carboxylic acids is 2. The van der Waals surface area contributed by atoms with Crippen molar-refractivity contribution in [2.75, 3.05) is 20.3 Å². The molecule has 3 aromatic rings. The Kier molecular flexibility index (Phi) is 6.85. The summed E-state index contributed by atoms with van der Waals surface area (Å²) in [4.78, 5) is 24.9. The molecule has 0 radical (unpaired) electrons. The number of hydrogen-bond donors (Lipinski definition) is 2. The van der Waals surface area contributed by atoms with Crippen LogP contribution in [0.3, 0.4) is 0 Å². The van der Waals surface area contributed by atoms with Gasteiger partial charge < -0.3 is 18.9 Å². The Morgan fingerprint density at radius 3 is 2.27 bits per heavy atom. The van der Waals surface area contributed by atoms with E-state index in [1.54, 1.807) is 48.5 Å². The molecule has 0 saturated carbocycles. The smallest absolute Gasteiger partial charge is 0.269 e. The lowest BCUT2D eigenvalue weighted by Crippen LogP contribution is -2.41. The molecule has 0 spiro atoms. The molecule has 0 aliphatic carbocycles. The first-order valence-corrected chi connectivity index (χ1v) is 10.5. The van der Waals surface area contributed by atoms with Crippen LogP contribution in [0.2, 0.25) is 5.02 Å². The molecule has 3 aromatic carbocycles. The second-order valence-electron chi connectivity index (χ2n) is 7.05. The molecule has 2 amide bonds. The van der Waals surface area contributed by atoms with E-state index in [2.05, 4.69) is 10.9 Å². The van der Waals surface area contributed by atoms with Crippen LogP contribution in [-0.4, -0.2) is 32.1 Å². The molecule has 9 heteroatoms. The van der Waals surface area contributed by atoms with Gasteiger partial charge in [0, 0.05) is 16.1 Å². The topological polar surface area (TPSA) is 95.1 Å². The van der Waals surface area contributed by atoms with E-state index in [0.717, 1.165) is 5.56 Å². The number of fused-ring (bicyclic) bond motifs is 1. The zero-order valence-electron chi connectivity index (χ0n) is 17.7. The first-order valence-electron chi connectivity index (χ1n) is 10.1. The monoisotopic (exact) mass is 468 g/mol. The van der Waals surface area contributed by atoms with Gasteiger partial charge >= 0.3 is 0 Å². The van der Waals surface area contributed by atoms with E-state index in [1.807, 2.05) is 0 Å². The van der Waals surface area contributed by atoms with Crippen LogP contribution >= 0.6 is 11.6 Å². The van der Waals surface area contributed by atoms with Crippen LogP contribution in [0.5, 0.6) is 23.0 Å². The molecular weight excluding hydrogens is 448 g/mol. The van der Waals surface area contributed by atoms with Gasteiger partial charge in [-0.1, -0.05) is 23.7 Å². The summed E-state index contributed by atoms with van der Waals surface area (Å²) in [6, 6.07) is 17.0. The SMILES string of the molecule is COc1cc(C(=O)NNC(=O)c2ccc(COc3ccc(Cl)cc3)cc2)cc2c1OCCO2. The summed E-state index contributed by atoms with van der Waals surface area (Å²) < 4.78 is 22.0. The largest absolute Gasteiger partial charge is 0.493 e. The summed E-state index contributed by atoms with van der Waals surface area (Å²) in [5, 5.41) is 0.637. The van der Waals surface area contributed by atoms with Gasteiger partial charge in [0.1, 0.15) is 25.6 Å². The minimum atomic E-state index is -0.522. The van der Waals surface area contributed by atoms with Gasteiger partial charge in [0.15, 0.2) is 11.5 Å². The highest BCUT2D eigenvalue weighted by Gasteiger charge is 2.21. The number of benzene rings is 3. The molecule has 170 valence electrons. The Hall–Kier alpha value is -3.91. The van der Waals surface area contributed by atoms with Crippen molar-refractivity contribution in [3.8, 4) is 23.0 Å². The number of nitrogens with one attached hydrogen (secondary N) is 2. The molecule has 8 nitrogen and oxygen atoms in total. The number of hydrazine groups is 1. The number of ether oxygens (including phenoxy) is 4. The third kappa shape index (κ3) is 5.48. The van der Waals surface area contributed by atoms with Crippen molar-refractivity contribution in [1.29, 1.82) is 0 Å². The van der Waals surface area contributed by atoms with E-state index >= 15 is 0 Å². The van der Waals surface area contributed by atoms with Crippen molar-refractivity contribution in [3.63, 3.8) is 0 Å². The van der Waals surface area contributed by atoms with E-state index < -0.39 is 11.8 Å². The van der Waals surface area contributed by atoms with Crippen LogP contribution in [0.1, 0.15) is 26.3 Å². The van der Waals surface area contributed by atoms with Gasteiger partial charge in [-0.2, -0.15) is 0 Å². The van der Waals surface area contributed by atoms with Crippen LogP contribution in [0.25, 0.3) is 0 Å². The molecule has 0 saturated heterocycles. The second-order valence-corrected chi connectivity index (χ2v) is 7.49. The molecule has 4 rings (SSSR count). The van der Waals surface area contributed by atoms with Crippen LogP contribution in [0.15, 0.2) is 60.7 Å².